The molecule has 1 heterocycles. The molecule has 2 aliphatic rings. The number of aliphatic carboxylic acids is 1. The predicted molar refractivity (Wildman–Crippen MR) is 71.9 cm³/mol. The summed E-state index contributed by atoms with van der Waals surface area (Å²) in [6.45, 7) is 2.17. The van der Waals surface area contributed by atoms with Crippen LogP contribution in [0, 0.1) is 11.8 Å². The van der Waals surface area contributed by atoms with Gasteiger partial charge in [-0.05, 0) is 31.6 Å². The van der Waals surface area contributed by atoms with Crippen molar-refractivity contribution in [1.82, 2.24) is 10.2 Å². The molecule has 108 valence electrons. The average Bonchev–Trinajstić information content (AvgIpc) is 2.69. The molecule has 2 amide bonds. The van der Waals surface area contributed by atoms with E-state index in [1.165, 1.54) is 12.8 Å². The number of rotatable bonds is 3. The van der Waals surface area contributed by atoms with Gasteiger partial charge in [-0.25, -0.2) is 4.79 Å². The Morgan fingerprint density at radius 1 is 1.05 bits per heavy atom. The highest BCUT2D eigenvalue weighted by atomic mass is 16.4. The number of nitrogens with one attached hydrogen (secondary N) is 1. The molecule has 2 fully saturated rings. The van der Waals surface area contributed by atoms with Gasteiger partial charge in [-0.3, -0.25) is 4.79 Å². The molecule has 2 atom stereocenters. The van der Waals surface area contributed by atoms with E-state index in [1.807, 2.05) is 4.90 Å². The number of carbonyl (C=O) groups is 2. The van der Waals surface area contributed by atoms with Gasteiger partial charge in [0.2, 0.25) is 0 Å². The summed E-state index contributed by atoms with van der Waals surface area (Å²) in [4.78, 5) is 25.0. The second-order valence-corrected chi connectivity index (χ2v) is 5.72. The minimum Gasteiger partial charge on any atom is -0.481 e. The molecule has 2 unspecified atom stereocenters. The van der Waals surface area contributed by atoms with Crippen LogP contribution >= 0.6 is 0 Å². The zero-order valence-corrected chi connectivity index (χ0v) is 11.4. The Balaban J connectivity index is 1.77. The highest BCUT2D eigenvalue weighted by Gasteiger charge is 2.33. The Labute approximate surface area is 114 Å². The number of urea groups is 1. The molecule has 2 N–H and O–H groups in total. The number of nitrogens with zero attached hydrogens (tertiary/aromatic N) is 1. The molecule has 0 spiro atoms. The molecule has 0 bridgehead atoms. The Bertz CT molecular complexity index is 325. The minimum atomic E-state index is -0.716. The summed E-state index contributed by atoms with van der Waals surface area (Å²) in [6, 6.07) is -0.0158. The fourth-order valence-corrected chi connectivity index (χ4v) is 3.21. The van der Waals surface area contributed by atoms with Crippen LogP contribution in [0.25, 0.3) is 0 Å². The molecule has 19 heavy (non-hydrogen) atoms. The number of amides is 2. The van der Waals surface area contributed by atoms with Crippen LogP contribution in [0.4, 0.5) is 4.79 Å². The topological polar surface area (TPSA) is 69.6 Å². The molecule has 5 heteroatoms. The zero-order valence-electron chi connectivity index (χ0n) is 11.4. The van der Waals surface area contributed by atoms with E-state index in [4.69, 9.17) is 5.11 Å². The molecule has 0 radical (unpaired) electrons. The fourth-order valence-electron chi connectivity index (χ4n) is 3.21. The van der Waals surface area contributed by atoms with Gasteiger partial charge in [0.1, 0.15) is 0 Å². The van der Waals surface area contributed by atoms with Crippen LogP contribution in [0.5, 0.6) is 0 Å². The number of likely N-dealkylation sites (tertiary alicyclic amines) is 1. The monoisotopic (exact) mass is 268 g/mol. The second kappa shape index (κ2) is 6.78. The molecule has 1 saturated heterocycles. The van der Waals surface area contributed by atoms with Crippen LogP contribution < -0.4 is 5.32 Å². The third-order valence-corrected chi connectivity index (χ3v) is 4.39. The van der Waals surface area contributed by atoms with Gasteiger partial charge in [0.15, 0.2) is 0 Å². The van der Waals surface area contributed by atoms with Crippen molar-refractivity contribution >= 4 is 12.0 Å². The number of hydrogen-bond acceptors (Lipinski definition) is 2. The number of hydrogen-bond donors (Lipinski definition) is 2. The van der Waals surface area contributed by atoms with Gasteiger partial charge in [-0.2, -0.15) is 0 Å². The Morgan fingerprint density at radius 2 is 1.74 bits per heavy atom. The van der Waals surface area contributed by atoms with Gasteiger partial charge in [0.25, 0.3) is 0 Å². The van der Waals surface area contributed by atoms with Crippen molar-refractivity contribution in [2.45, 2.75) is 44.9 Å². The third-order valence-electron chi connectivity index (χ3n) is 4.39. The van der Waals surface area contributed by atoms with Gasteiger partial charge in [-0.15, -0.1) is 0 Å². The molecular formula is C14H24N2O3. The Hall–Kier alpha value is -1.26. The van der Waals surface area contributed by atoms with Crippen LogP contribution in [0.1, 0.15) is 44.9 Å². The maximum absolute atomic E-state index is 12.1. The summed E-state index contributed by atoms with van der Waals surface area (Å²) in [5.74, 6) is -0.885. The van der Waals surface area contributed by atoms with Crippen molar-refractivity contribution in [3.63, 3.8) is 0 Å². The maximum atomic E-state index is 12.1. The molecule has 1 aliphatic heterocycles. The maximum Gasteiger partial charge on any atom is 0.317 e. The third kappa shape index (κ3) is 3.85. The van der Waals surface area contributed by atoms with E-state index in [1.54, 1.807) is 0 Å². The van der Waals surface area contributed by atoms with E-state index in [0.717, 1.165) is 45.2 Å². The van der Waals surface area contributed by atoms with Gasteiger partial charge in [0, 0.05) is 19.6 Å². The van der Waals surface area contributed by atoms with Crippen LogP contribution in [-0.2, 0) is 4.79 Å². The summed E-state index contributed by atoms with van der Waals surface area (Å²) in [5.41, 5.74) is 0. The fraction of sp³-hybridized carbons (Fsp3) is 0.857. The largest absolute Gasteiger partial charge is 0.481 e. The molecule has 1 saturated carbocycles. The predicted octanol–water partition coefficient (Wildman–Crippen LogP) is 2.07. The minimum absolute atomic E-state index is 0.0158. The van der Waals surface area contributed by atoms with Crippen LogP contribution in [0.15, 0.2) is 0 Å². The van der Waals surface area contributed by atoms with Gasteiger partial charge < -0.3 is 15.3 Å². The summed E-state index contributed by atoms with van der Waals surface area (Å²) in [5, 5.41) is 12.0. The molecule has 0 aromatic heterocycles. The van der Waals surface area contributed by atoms with Gasteiger partial charge >= 0.3 is 12.0 Å². The summed E-state index contributed by atoms with van der Waals surface area (Å²) in [6.07, 6.45) is 7.18. The van der Waals surface area contributed by atoms with Crippen molar-refractivity contribution in [1.29, 1.82) is 0 Å². The van der Waals surface area contributed by atoms with Crippen molar-refractivity contribution in [3.05, 3.63) is 0 Å². The van der Waals surface area contributed by atoms with E-state index in [2.05, 4.69) is 5.32 Å². The molecule has 0 aromatic rings. The standard InChI is InChI=1S/C14H24N2O3/c17-13(18)12-7-5-6-11(12)10-15-14(19)16-8-3-1-2-4-9-16/h11-12H,1-10H2,(H,15,19)(H,17,18). The van der Waals surface area contributed by atoms with E-state index in [9.17, 15) is 9.59 Å². The van der Waals surface area contributed by atoms with Crippen molar-refractivity contribution in [3.8, 4) is 0 Å². The van der Waals surface area contributed by atoms with E-state index in [0.29, 0.717) is 6.54 Å². The first-order chi connectivity index (χ1) is 9.18. The lowest BCUT2D eigenvalue weighted by Crippen LogP contribution is -2.43. The van der Waals surface area contributed by atoms with E-state index < -0.39 is 5.97 Å². The van der Waals surface area contributed by atoms with E-state index in [-0.39, 0.29) is 17.9 Å². The molecule has 1 aliphatic carbocycles. The van der Waals surface area contributed by atoms with Gasteiger partial charge in [-0.1, -0.05) is 19.3 Å². The van der Waals surface area contributed by atoms with Crippen molar-refractivity contribution in [2.75, 3.05) is 19.6 Å². The van der Waals surface area contributed by atoms with E-state index >= 15 is 0 Å². The SMILES string of the molecule is O=C(O)C1CCCC1CNC(=O)N1CCCCCC1. The average molecular weight is 268 g/mol. The first kappa shape index (κ1) is 14.2. The Morgan fingerprint density at radius 3 is 2.37 bits per heavy atom. The summed E-state index contributed by atoms with van der Waals surface area (Å²) >= 11 is 0. The Kier molecular flexibility index (Phi) is 5.05. The molecule has 0 aromatic carbocycles. The number of carboxylic acids is 1. The van der Waals surface area contributed by atoms with Gasteiger partial charge in [0.05, 0.1) is 5.92 Å². The first-order valence-electron chi connectivity index (χ1n) is 7.44. The van der Waals surface area contributed by atoms with Crippen LogP contribution in [0.2, 0.25) is 0 Å². The second-order valence-electron chi connectivity index (χ2n) is 5.72. The van der Waals surface area contributed by atoms with Crippen molar-refractivity contribution < 1.29 is 14.7 Å². The summed E-state index contributed by atoms with van der Waals surface area (Å²) in [7, 11) is 0. The van der Waals surface area contributed by atoms with Crippen LogP contribution in [-0.4, -0.2) is 41.6 Å². The molecular weight excluding hydrogens is 244 g/mol. The molecule has 2 rings (SSSR count). The normalized spacial score (nSPS) is 27.9. The summed E-state index contributed by atoms with van der Waals surface area (Å²) < 4.78 is 0. The number of carbonyl (C=O) groups excluding carboxylic acids is 1. The number of carboxylic acid groups (broad SMARTS) is 1. The lowest BCUT2D eigenvalue weighted by molar-refractivity contribution is -0.142. The quantitative estimate of drug-likeness (QED) is 0.823. The molecule has 5 nitrogen and oxygen atoms in total. The van der Waals surface area contributed by atoms with Crippen molar-refractivity contribution in [2.24, 2.45) is 11.8 Å². The highest BCUT2D eigenvalue weighted by molar-refractivity contribution is 5.74. The zero-order chi connectivity index (χ0) is 13.7. The first-order valence-corrected chi connectivity index (χ1v) is 7.44. The lowest BCUT2D eigenvalue weighted by Gasteiger charge is -2.23. The lowest BCUT2D eigenvalue weighted by atomic mass is 9.96. The smallest absolute Gasteiger partial charge is 0.317 e. The van der Waals surface area contributed by atoms with Crippen LogP contribution in [0.3, 0.4) is 0 Å². The highest BCUT2D eigenvalue weighted by Crippen LogP contribution is 2.31.